The summed E-state index contributed by atoms with van der Waals surface area (Å²) in [5, 5.41) is 0. The molecule has 0 bridgehead atoms. The zero-order chi connectivity index (χ0) is 34.0. The Kier molecular flexibility index (Phi) is 9.31. The second-order valence-corrected chi connectivity index (χ2v) is 14.9. The van der Waals surface area contributed by atoms with E-state index < -0.39 is 0 Å². The van der Waals surface area contributed by atoms with Gasteiger partial charge in [0.05, 0.1) is 5.71 Å². The van der Waals surface area contributed by atoms with Crippen LogP contribution in [0.25, 0.3) is 27.8 Å². The first-order valence-electron chi connectivity index (χ1n) is 16.7. The van der Waals surface area contributed by atoms with Gasteiger partial charge >= 0.3 is 0 Å². The molecule has 0 aromatic heterocycles. The van der Waals surface area contributed by atoms with Gasteiger partial charge in [-0.3, -0.25) is 4.99 Å². The molecule has 0 amide bonds. The van der Waals surface area contributed by atoms with Crippen LogP contribution in [0.1, 0.15) is 43.0 Å². The van der Waals surface area contributed by atoms with Crippen LogP contribution in [0.3, 0.4) is 0 Å². The van der Waals surface area contributed by atoms with Gasteiger partial charge in [-0.2, -0.15) is 0 Å². The summed E-state index contributed by atoms with van der Waals surface area (Å²) in [5.41, 5.74) is 13.3. The van der Waals surface area contributed by atoms with Crippen LogP contribution in [0, 0.1) is 0 Å². The van der Waals surface area contributed by atoms with Crippen molar-refractivity contribution in [1.29, 1.82) is 0 Å². The molecule has 49 heavy (non-hydrogen) atoms. The van der Waals surface area contributed by atoms with E-state index in [4.69, 9.17) is 4.99 Å². The number of hydrogen-bond donors (Lipinski definition) is 0. The van der Waals surface area contributed by atoms with Gasteiger partial charge in [-0.15, -0.1) is 0 Å². The Bertz CT molecular complexity index is 2210. The molecule has 5 aromatic carbocycles. The molecule has 1 heterocycles. The van der Waals surface area contributed by atoms with Crippen LogP contribution >= 0.6 is 23.5 Å². The Morgan fingerprint density at radius 2 is 1.31 bits per heavy atom. The lowest BCUT2D eigenvalue weighted by atomic mass is 9.82. The first-order valence-corrected chi connectivity index (χ1v) is 18.3. The van der Waals surface area contributed by atoms with Crippen molar-refractivity contribution in [2.45, 2.75) is 45.8 Å². The molecule has 5 aromatic rings. The summed E-state index contributed by atoms with van der Waals surface area (Å²) in [5.74, 6) is 0. The van der Waals surface area contributed by atoms with E-state index >= 15 is 0 Å². The fourth-order valence-electron chi connectivity index (χ4n) is 6.68. The topological polar surface area (TPSA) is 12.4 Å². The Morgan fingerprint density at radius 1 is 0.653 bits per heavy atom. The third-order valence-electron chi connectivity index (χ3n) is 9.40. The summed E-state index contributed by atoms with van der Waals surface area (Å²) in [4.78, 5) is 10.1. The van der Waals surface area contributed by atoms with Gasteiger partial charge in [0.25, 0.3) is 0 Å². The first-order chi connectivity index (χ1) is 23.9. The molecule has 0 spiro atoms. The lowest BCUT2D eigenvalue weighted by molar-refractivity contribution is 0.657. The number of allylic oxidation sites excluding steroid dienone is 9. The third-order valence-corrected chi connectivity index (χ3v) is 11.9. The van der Waals surface area contributed by atoms with Crippen molar-refractivity contribution >= 4 is 34.8 Å². The van der Waals surface area contributed by atoms with Gasteiger partial charge in [0.2, 0.25) is 0 Å². The molecule has 0 saturated heterocycles. The molecule has 240 valence electrons. The summed E-state index contributed by atoms with van der Waals surface area (Å²) < 4.78 is 0. The van der Waals surface area contributed by atoms with E-state index in [-0.39, 0.29) is 5.41 Å². The van der Waals surface area contributed by atoms with Crippen LogP contribution in [-0.2, 0) is 5.41 Å². The van der Waals surface area contributed by atoms with Crippen LogP contribution in [0.2, 0.25) is 0 Å². The Hall–Kier alpha value is -4.83. The van der Waals surface area contributed by atoms with Crippen LogP contribution in [0.15, 0.2) is 188 Å². The van der Waals surface area contributed by atoms with E-state index in [1.165, 1.54) is 53.0 Å². The summed E-state index contributed by atoms with van der Waals surface area (Å²) in [6.07, 6.45) is 14.4. The minimum Gasteiger partial charge on any atom is -0.288 e. The molecule has 0 atom stereocenters. The summed E-state index contributed by atoms with van der Waals surface area (Å²) in [6, 6.07) is 39.9. The predicted octanol–water partition coefficient (Wildman–Crippen LogP) is 13.0. The minimum absolute atomic E-state index is 0.0520. The lowest BCUT2D eigenvalue weighted by Gasteiger charge is -2.24. The molecule has 1 aliphatic heterocycles. The highest BCUT2D eigenvalue weighted by atomic mass is 32.2. The van der Waals surface area contributed by atoms with Crippen molar-refractivity contribution in [2.75, 3.05) is 7.05 Å². The number of hydrogen-bond acceptors (Lipinski definition) is 3. The zero-order valence-corrected chi connectivity index (χ0v) is 30.0. The SMILES string of the molecule is C=C\C=C/C(/C=C/C(=C\C(=NC)c1ccc(-c2ccc3c(c2)-c2cc4c(cc2C3(C)C)Sc2ccccc2S4)cc1)c1ccccc1)=C\C. The number of fused-ring (bicyclic) bond motifs is 5. The quantitative estimate of drug-likeness (QED) is 0.118. The van der Waals surface area contributed by atoms with Gasteiger partial charge in [-0.1, -0.05) is 159 Å². The monoisotopic (exact) mass is 669 g/mol. The van der Waals surface area contributed by atoms with Crippen molar-refractivity contribution in [3.8, 4) is 22.3 Å². The lowest BCUT2D eigenvalue weighted by Crippen LogP contribution is -2.15. The van der Waals surface area contributed by atoms with Gasteiger partial charge in [0.1, 0.15) is 0 Å². The van der Waals surface area contributed by atoms with E-state index in [0.29, 0.717) is 0 Å². The molecular formula is C46H39NS2. The van der Waals surface area contributed by atoms with E-state index in [0.717, 1.165) is 28.0 Å². The Labute approximate surface area is 299 Å². The molecule has 0 saturated carbocycles. The summed E-state index contributed by atoms with van der Waals surface area (Å²) in [6.45, 7) is 10.6. The largest absolute Gasteiger partial charge is 0.288 e. The van der Waals surface area contributed by atoms with Gasteiger partial charge in [0, 0.05) is 32.0 Å². The number of rotatable bonds is 8. The predicted molar refractivity (Wildman–Crippen MR) is 213 cm³/mol. The highest BCUT2D eigenvalue weighted by Gasteiger charge is 2.37. The van der Waals surface area contributed by atoms with Gasteiger partial charge < -0.3 is 0 Å². The van der Waals surface area contributed by atoms with Crippen LogP contribution in [0.5, 0.6) is 0 Å². The molecular weight excluding hydrogens is 631 g/mol. The van der Waals surface area contributed by atoms with Crippen molar-refractivity contribution in [1.82, 2.24) is 0 Å². The van der Waals surface area contributed by atoms with Crippen LogP contribution < -0.4 is 0 Å². The first kappa shape index (κ1) is 32.7. The average Bonchev–Trinajstić information content (AvgIpc) is 3.36. The molecule has 1 aliphatic carbocycles. The minimum atomic E-state index is -0.0520. The third kappa shape index (κ3) is 6.49. The fraction of sp³-hybridized carbons (Fsp3) is 0.109. The normalized spacial score (nSPS) is 15.2. The van der Waals surface area contributed by atoms with E-state index in [1.807, 2.05) is 49.6 Å². The average molecular weight is 670 g/mol. The Balaban J connectivity index is 1.20. The highest BCUT2D eigenvalue weighted by molar-refractivity contribution is 8.05. The van der Waals surface area contributed by atoms with Gasteiger partial charge in [-0.05, 0) is 99.0 Å². The van der Waals surface area contributed by atoms with Crippen molar-refractivity contribution in [3.05, 3.63) is 186 Å². The molecule has 2 aliphatic rings. The molecule has 0 radical (unpaired) electrons. The number of aliphatic imine (C=N–C) groups is 1. The number of nitrogens with zero attached hydrogens (tertiary/aromatic N) is 1. The molecule has 7 rings (SSSR count). The van der Waals surface area contributed by atoms with Crippen LogP contribution in [0.4, 0.5) is 0 Å². The smallest absolute Gasteiger partial charge is 0.0649 e. The highest BCUT2D eigenvalue weighted by Crippen LogP contribution is 2.56. The maximum Gasteiger partial charge on any atom is 0.0649 e. The van der Waals surface area contributed by atoms with E-state index in [9.17, 15) is 0 Å². The molecule has 0 unspecified atom stereocenters. The molecule has 1 nitrogen and oxygen atoms in total. The maximum atomic E-state index is 4.72. The number of benzene rings is 5. The molecule has 3 heteroatoms. The van der Waals surface area contributed by atoms with E-state index in [1.54, 1.807) is 6.08 Å². The van der Waals surface area contributed by atoms with Gasteiger partial charge in [0.15, 0.2) is 0 Å². The summed E-state index contributed by atoms with van der Waals surface area (Å²) >= 11 is 3.79. The standard InChI is InChI=1S/C46H39NS2/c1-6-8-14-31(7-2)19-20-36(32-15-10-9-11-16-32)28-41(47-5)34-23-21-33(22-24-34)35-25-26-39-37(27-35)38-29-44-45(30-40(38)46(39,3)4)49-43-18-13-12-17-42(43)48-44/h6-30H,1H2,2-5H3/b14-8-,20-19+,31-7+,36-28+,47-41?. The second kappa shape index (κ2) is 14.0. The fourth-order valence-corrected chi connectivity index (χ4v) is 8.96. The molecule has 0 fully saturated rings. The van der Waals surface area contributed by atoms with Crippen molar-refractivity contribution in [3.63, 3.8) is 0 Å². The summed E-state index contributed by atoms with van der Waals surface area (Å²) in [7, 11) is 1.87. The molecule has 0 N–H and O–H groups in total. The van der Waals surface area contributed by atoms with E-state index in [2.05, 4.69) is 154 Å². The van der Waals surface area contributed by atoms with Crippen molar-refractivity contribution < 1.29 is 0 Å². The maximum absolute atomic E-state index is 4.72. The van der Waals surface area contributed by atoms with Gasteiger partial charge in [-0.25, -0.2) is 0 Å². The second-order valence-electron chi connectivity index (χ2n) is 12.7. The Morgan fingerprint density at radius 3 is 1.98 bits per heavy atom. The van der Waals surface area contributed by atoms with Crippen molar-refractivity contribution in [2.24, 2.45) is 4.99 Å². The zero-order valence-electron chi connectivity index (χ0n) is 28.4. The van der Waals surface area contributed by atoms with Crippen LogP contribution in [-0.4, -0.2) is 12.8 Å².